The van der Waals surface area contributed by atoms with Crippen molar-refractivity contribution in [3.63, 3.8) is 0 Å². The molecule has 1 heterocycles. The lowest BCUT2D eigenvalue weighted by molar-refractivity contribution is -0.385. The van der Waals surface area contributed by atoms with Crippen LogP contribution in [0.15, 0.2) is 18.2 Å². The van der Waals surface area contributed by atoms with Gasteiger partial charge in [-0.2, -0.15) is 0 Å². The highest BCUT2D eigenvalue weighted by Crippen LogP contribution is 2.25. The van der Waals surface area contributed by atoms with E-state index in [1.54, 1.807) is 6.92 Å². The summed E-state index contributed by atoms with van der Waals surface area (Å²) in [6.07, 6.45) is -1.18. The van der Waals surface area contributed by atoms with Crippen molar-refractivity contribution in [1.29, 1.82) is 0 Å². The number of benzene rings is 1. The summed E-state index contributed by atoms with van der Waals surface area (Å²) in [5.74, 6) is -1.63. The lowest BCUT2D eigenvalue weighted by Gasteiger charge is -2.08. The fourth-order valence-corrected chi connectivity index (χ4v) is 2.01. The van der Waals surface area contributed by atoms with Crippen molar-refractivity contribution < 1.29 is 24.0 Å². The van der Waals surface area contributed by atoms with Crippen LogP contribution in [-0.2, 0) is 14.3 Å². The van der Waals surface area contributed by atoms with Gasteiger partial charge in [-0.05, 0) is 19.1 Å². The zero-order valence-electron chi connectivity index (χ0n) is 10.4. The van der Waals surface area contributed by atoms with Crippen LogP contribution in [-0.4, -0.2) is 29.1 Å². The van der Waals surface area contributed by atoms with E-state index in [4.69, 9.17) is 21.1 Å². The Hall–Kier alpha value is -2.15. The van der Waals surface area contributed by atoms with E-state index in [1.807, 2.05) is 0 Å². The average Bonchev–Trinajstić information content (AvgIpc) is 2.67. The molecule has 1 fully saturated rings. The summed E-state index contributed by atoms with van der Waals surface area (Å²) in [5.41, 5.74) is -0.728. The molecule has 106 valence electrons. The molecule has 1 aliphatic rings. The second kappa shape index (κ2) is 5.46. The number of carbonyl (C=O) groups excluding carboxylic acids is 2. The Morgan fingerprint density at radius 1 is 1.55 bits per heavy atom. The first kappa shape index (κ1) is 14.3. The van der Waals surface area contributed by atoms with E-state index in [0.29, 0.717) is 0 Å². The highest BCUT2D eigenvalue weighted by atomic mass is 35.5. The van der Waals surface area contributed by atoms with Crippen LogP contribution < -0.4 is 0 Å². The second-order valence-electron chi connectivity index (χ2n) is 4.30. The normalized spacial score (nSPS) is 21.4. The number of nitrogens with zero attached hydrogens (tertiary/aromatic N) is 1. The number of carbonyl (C=O) groups is 2. The molecule has 0 aliphatic carbocycles. The Labute approximate surface area is 118 Å². The molecule has 0 bridgehead atoms. The van der Waals surface area contributed by atoms with Gasteiger partial charge in [-0.25, -0.2) is 9.59 Å². The van der Waals surface area contributed by atoms with Crippen LogP contribution in [0.5, 0.6) is 0 Å². The first-order valence-corrected chi connectivity index (χ1v) is 6.11. The zero-order valence-corrected chi connectivity index (χ0v) is 11.1. The van der Waals surface area contributed by atoms with E-state index >= 15 is 0 Å². The topological polar surface area (TPSA) is 95.7 Å². The molecule has 0 saturated carbocycles. The number of nitro groups is 1. The fraction of sp³-hybridized carbons (Fsp3) is 0.333. The molecule has 0 radical (unpaired) electrons. The largest absolute Gasteiger partial charge is 0.460 e. The first-order valence-electron chi connectivity index (χ1n) is 5.74. The van der Waals surface area contributed by atoms with Crippen molar-refractivity contribution >= 4 is 29.2 Å². The number of cyclic esters (lactones) is 1. The van der Waals surface area contributed by atoms with E-state index in [9.17, 15) is 19.7 Å². The van der Waals surface area contributed by atoms with E-state index in [-0.39, 0.29) is 23.1 Å². The predicted octanol–water partition coefficient (Wildman–Crippen LogP) is 2.11. The number of rotatable bonds is 3. The summed E-state index contributed by atoms with van der Waals surface area (Å²) < 4.78 is 9.79. The minimum absolute atomic E-state index is 0.157. The van der Waals surface area contributed by atoms with Crippen LogP contribution in [0.1, 0.15) is 23.7 Å². The molecular weight excluding hydrogens is 290 g/mol. The maximum Gasteiger partial charge on any atom is 0.347 e. The number of hydrogen-bond acceptors (Lipinski definition) is 6. The molecule has 0 aromatic heterocycles. The van der Waals surface area contributed by atoms with Crippen LogP contribution in [0.3, 0.4) is 0 Å². The molecule has 0 N–H and O–H groups in total. The van der Waals surface area contributed by atoms with Crippen molar-refractivity contribution in [2.75, 3.05) is 0 Å². The Morgan fingerprint density at radius 3 is 2.80 bits per heavy atom. The molecule has 0 spiro atoms. The van der Waals surface area contributed by atoms with Crippen LogP contribution in [0.2, 0.25) is 5.02 Å². The van der Waals surface area contributed by atoms with Gasteiger partial charge in [0.1, 0.15) is 11.7 Å². The van der Waals surface area contributed by atoms with Gasteiger partial charge in [0.25, 0.3) is 5.69 Å². The third kappa shape index (κ3) is 2.88. The Bertz CT molecular complexity index is 587. The van der Waals surface area contributed by atoms with E-state index in [1.165, 1.54) is 6.07 Å². The van der Waals surface area contributed by atoms with Crippen molar-refractivity contribution in [2.45, 2.75) is 25.6 Å². The smallest absolute Gasteiger partial charge is 0.347 e. The Morgan fingerprint density at radius 2 is 2.25 bits per heavy atom. The molecule has 1 aromatic rings. The Balaban J connectivity index is 2.23. The number of nitro benzene ring substituents is 1. The molecule has 0 amide bonds. The monoisotopic (exact) mass is 299 g/mol. The van der Waals surface area contributed by atoms with Crippen LogP contribution >= 0.6 is 11.6 Å². The number of esters is 2. The number of halogens is 1. The van der Waals surface area contributed by atoms with E-state index in [0.717, 1.165) is 12.1 Å². The predicted molar refractivity (Wildman–Crippen MR) is 67.5 cm³/mol. The van der Waals surface area contributed by atoms with Gasteiger partial charge in [0.05, 0.1) is 4.92 Å². The summed E-state index contributed by atoms with van der Waals surface area (Å²) in [4.78, 5) is 33.4. The molecule has 1 aromatic carbocycles. The molecular formula is C12H10ClNO6. The molecule has 1 saturated heterocycles. The molecule has 2 atom stereocenters. The highest BCUT2D eigenvalue weighted by molar-refractivity contribution is 6.31. The van der Waals surface area contributed by atoms with Gasteiger partial charge in [0.15, 0.2) is 0 Å². The summed E-state index contributed by atoms with van der Waals surface area (Å²) in [6.45, 7) is 1.66. The van der Waals surface area contributed by atoms with Gasteiger partial charge in [0.2, 0.25) is 6.10 Å². The van der Waals surface area contributed by atoms with Crippen LogP contribution in [0.4, 0.5) is 5.69 Å². The van der Waals surface area contributed by atoms with Crippen LogP contribution in [0.25, 0.3) is 0 Å². The molecule has 7 nitrogen and oxygen atoms in total. The molecule has 1 aliphatic heterocycles. The van der Waals surface area contributed by atoms with Crippen molar-refractivity contribution in [2.24, 2.45) is 0 Å². The Kier molecular flexibility index (Phi) is 3.89. The summed E-state index contributed by atoms with van der Waals surface area (Å²) in [5, 5.41) is 11.0. The lowest BCUT2D eigenvalue weighted by Crippen LogP contribution is -2.23. The van der Waals surface area contributed by atoms with Crippen molar-refractivity contribution in [3.8, 4) is 0 Å². The second-order valence-corrected chi connectivity index (χ2v) is 4.73. The van der Waals surface area contributed by atoms with Gasteiger partial charge in [-0.1, -0.05) is 11.6 Å². The third-order valence-corrected chi connectivity index (χ3v) is 2.99. The molecule has 20 heavy (non-hydrogen) atoms. The fourth-order valence-electron chi connectivity index (χ4n) is 1.84. The number of hydrogen-bond donors (Lipinski definition) is 0. The zero-order chi connectivity index (χ0) is 14.9. The van der Waals surface area contributed by atoms with E-state index < -0.39 is 28.7 Å². The SMILES string of the molecule is CC1CC(OC(=O)c2cc(Cl)ccc2[N+](=O)[O-])C(=O)O1. The molecule has 8 heteroatoms. The van der Waals surface area contributed by atoms with Crippen LogP contribution in [0, 0.1) is 10.1 Å². The van der Waals surface area contributed by atoms with E-state index in [2.05, 4.69) is 0 Å². The van der Waals surface area contributed by atoms with Gasteiger partial charge in [0, 0.05) is 17.5 Å². The maximum atomic E-state index is 11.9. The minimum Gasteiger partial charge on any atom is -0.460 e. The third-order valence-electron chi connectivity index (χ3n) is 2.75. The highest BCUT2D eigenvalue weighted by Gasteiger charge is 2.36. The average molecular weight is 300 g/mol. The minimum atomic E-state index is -1.05. The quantitative estimate of drug-likeness (QED) is 0.482. The molecule has 2 unspecified atom stereocenters. The number of ether oxygens (including phenoxy) is 2. The van der Waals surface area contributed by atoms with Crippen molar-refractivity contribution in [3.05, 3.63) is 38.9 Å². The first-order chi connectivity index (χ1) is 9.38. The standard InChI is InChI=1S/C12H10ClNO6/c1-6-4-10(12(16)19-6)20-11(15)8-5-7(13)2-3-9(8)14(17)18/h2-3,5-6,10H,4H2,1H3. The molecule has 2 rings (SSSR count). The van der Waals surface area contributed by atoms with Gasteiger partial charge in [-0.15, -0.1) is 0 Å². The lowest BCUT2D eigenvalue weighted by atomic mass is 10.1. The summed E-state index contributed by atoms with van der Waals surface area (Å²) in [6, 6.07) is 3.53. The summed E-state index contributed by atoms with van der Waals surface area (Å²) in [7, 11) is 0. The maximum absolute atomic E-state index is 11.9. The van der Waals surface area contributed by atoms with Gasteiger partial charge >= 0.3 is 11.9 Å². The van der Waals surface area contributed by atoms with Gasteiger partial charge in [-0.3, -0.25) is 10.1 Å². The van der Waals surface area contributed by atoms with Crippen molar-refractivity contribution in [1.82, 2.24) is 0 Å². The summed E-state index contributed by atoms with van der Waals surface area (Å²) >= 11 is 5.71. The van der Waals surface area contributed by atoms with Gasteiger partial charge < -0.3 is 9.47 Å².